The second-order valence-electron chi connectivity index (χ2n) is 5.28. The molecule has 0 aliphatic carbocycles. The van der Waals surface area contributed by atoms with E-state index < -0.39 is 0 Å². The van der Waals surface area contributed by atoms with Crippen LogP contribution in [0.3, 0.4) is 0 Å². The number of methoxy groups -OCH3 is 2. The van der Waals surface area contributed by atoms with Crippen LogP contribution in [-0.2, 0) is 9.47 Å². The fourth-order valence-electron chi connectivity index (χ4n) is 2.17. The molecule has 1 aromatic carbocycles. The van der Waals surface area contributed by atoms with E-state index in [0.717, 1.165) is 17.2 Å². The monoisotopic (exact) mass is 316 g/mol. The molecule has 0 radical (unpaired) electrons. The molecular formula is C17H24N4O2. The lowest BCUT2D eigenvalue weighted by molar-refractivity contribution is 0.1000. The largest absolute Gasteiger partial charge is 0.374 e. The Balaban J connectivity index is 2.35. The van der Waals surface area contributed by atoms with Gasteiger partial charge in [0.05, 0.1) is 0 Å². The first-order valence-corrected chi connectivity index (χ1v) is 7.55. The molecule has 1 aromatic heterocycles. The van der Waals surface area contributed by atoms with Crippen molar-refractivity contribution < 1.29 is 9.47 Å². The third-order valence-corrected chi connectivity index (χ3v) is 3.72. The molecule has 2 rings (SSSR count). The number of nitrogens with zero attached hydrogens (tertiary/aromatic N) is 4. The van der Waals surface area contributed by atoms with Crippen LogP contribution < -0.4 is 5.01 Å². The Morgan fingerprint density at radius 1 is 1.00 bits per heavy atom. The van der Waals surface area contributed by atoms with Gasteiger partial charge in [0, 0.05) is 27.5 Å². The highest BCUT2D eigenvalue weighted by molar-refractivity contribution is 5.49. The fourth-order valence-corrected chi connectivity index (χ4v) is 2.17. The molecule has 6 heteroatoms. The van der Waals surface area contributed by atoms with Crippen LogP contribution in [0.1, 0.15) is 43.3 Å². The van der Waals surface area contributed by atoms with Crippen molar-refractivity contribution in [3.8, 4) is 0 Å². The van der Waals surface area contributed by atoms with Crippen molar-refractivity contribution in [1.29, 1.82) is 0 Å². The molecular weight excluding hydrogens is 292 g/mol. The highest BCUT2D eigenvalue weighted by Crippen LogP contribution is 2.20. The smallest absolute Gasteiger partial charge is 0.181 e. The van der Waals surface area contributed by atoms with Crippen molar-refractivity contribution in [2.24, 2.45) is 0 Å². The summed E-state index contributed by atoms with van der Waals surface area (Å²) in [5.74, 6) is 1.46. The van der Waals surface area contributed by atoms with E-state index in [1.54, 1.807) is 14.2 Å². The second kappa shape index (κ2) is 7.89. The number of hydrogen-bond donors (Lipinski definition) is 0. The molecule has 23 heavy (non-hydrogen) atoms. The molecule has 2 aromatic rings. The van der Waals surface area contributed by atoms with Crippen molar-refractivity contribution in [1.82, 2.24) is 14.9 Å². The zero-order valence-electron chi connectivity index (χ0n) is 14.3. The van der Waals surface area contributed by atoms with Gasteiger partial charge in [-0.15, -0.1) is 10.2 Å². The molecule has 0 N–H and O–H groups in total. The van der Waals surface area contributed by atoms with Crippen molar-refractivity contribution >= 4 is 6.08 Å². The SMILES string of the molecule is COC(C)c1nnc(C(C)OC)n1N(C)/C=C/c1ccccc1. The topological polar surface area (TPSA) is 52.4 Å². The van der Waals surface area contributed by atoms with Gasteiger partial charge >= 0.3 is 0 Å². The Morgan fingerprint density at radius 2 is 1.52 bits per heavy atom. The maximum Gasteiger partial charge on any atom is 0.181 e. The van der Waals surface area contributed by atoms with Crippen LogP contribution in [-0.4, -0.2) is 36.1 Å². The number of rotatable bonds is 7. The summed E-state index contributed by atoms with van der Waals surface area (Å²) in [4.78, 5) is 0. The van der Waals surface area contributed by atoms with E-state index in [1.165, 1.54) is 0 Å². The van der Waals surface area contributed by atoms with Crippen LogP contribution in [0.4, 0.5) is 0 Å². The molecule has 0 aliphatic heterocycles. The van der Waals surface area contributed by atoms with Crippen molar-refractivity contribution in [3.05, 3.63) is 53.7 Å². The Kier molecular flexibility index (Phi) is 5.90. The van der Waals surface area contributed by atoms with E-state index in [2.05, 4.69) is 10.2 Å². The van der Waals surface area contributed by atoms with Gasteiger partial charge in [-0.25, -0.2) is 4.68 Å². The van der Waals surface area contributed by atoms with Crippen LogP contribution in [0.25, 0.3) is 6.08 Å². The van der Waals surface area contributed by atoms with Gasteiger partial charge in [0.15, 0.2) is 11.6 Å². The quantitative estimate of drug-likeness (QED) is 0.786. The minimum Gasteiger partial charge on any atom is -0.374 e. The van der Waals surface area contributed by atoms with Gasteiger partial charge in [0.1, 0.15) is 12.2 Å². The normalized spacial score (nSPS) is 14.1. The summed E-state index contributed by atoms with van der Waals surface area (Å²) in [6.45, 7) is 3.88. The molecule has 0 bridgehead atoms. The predicted octanol–water partition coefficient (Wildman–Crippen LogP) is 2.93. The van der Waals surface area contributed by atoms with Crippen LogP contribution in [0.2, 0.25) is 0 Å². The molecule has 2 unspecified atom stereocenters. The Labute approximate surface area is 137 Å². The third kappa shape index (κ3) is 3.97. The van der Waals surface area contributed by atoms with Crippen LogP contribution in [0.15, 0.2) is 36.5 Å². The van der Waals surface area contributed by atoms with Crippen molar-refractivity contribution in [3.63, 3.8) is 0 Å². The number of hydrogen-bond acceptors (Lipinski definition) is 5. The number of aromatic nitrogens is 3. The van der Waals surface area contributed by atoms with Crippen molar-refractivity contribution in [2.45, 2.75) is 26.1 Å². The average Bonchev–Trinajstić information content (AvgIpc) is 3.04. The molecule has 6 nitrogen and oxygen atoms in total. The minimum absolute atomic E-state index is 0.173. The van der Waals surface area contributed by atoms with E-state index in [-0.39, 0.29) is 12.2 Å². The maximum absolute atomic E-state index is 5.40. The third-order valence-electron chi connectivity index (χ3n) is 3.72. The summed E-state index contributed by atoms with van der Waals surface area (Å²) >= 11 is 0. The van der Waals surface area contributed by atoms with Gasteiger partial charge in [0.25, 0.3) is 0 Å². The standard InChI is InChI=1S/C17H24N4O2/c1-13(22-4)16-18-19-17(14(2)23-5)21(16)20(3)12-11-15-9-7-6-8-10-15/h6-14H,1-5H3/b12-11+. The molecule has 2 atom stereocenters. The predicted molar refractivity (Wildman–Crippen MR) is 90.5 cm³/mol. The Hall–Kier alpha value is -2.18. The fraction of sp³-hybridized carbons (Fsp3) is 0.412. The highest BCUT2D eigenvalue weighted by atomic mass is 16.5. The molecule has 0 aliphatic rings. The van der Waals surface area contributed by atoms with E-state index in [9.17, 15) is 0 Å². The average molecular weight is 316 g/mol. The first-order valence-electron chi connectivity index (χ1n) is 7.55. The zero-order chi connectivity index (χ0) is 16.8. The Bertz CT molecular complexity index is 612. The molecule has 0 saturated carbocycles. The minimum atomic E-state index is -0.173. The summed E-state index contributed by atoms with van der Waals surface area (Å²) in [5, 5.41) is 10.5. The highest BCUT2D eigenvalue weighted by Gasteiger charge is 2.23. The molecule has 0 saturated heterocycles. The molecule has 0 amide bonds. The summed E-state index contributed by atoms with van der Waals surface area (Å²) in [6.07, 6.45) is 3.65. The second-order valence-corrected chi connectivity index (χ2v) is 5.28. The molecule has 124 valence electrons. The first kappa shape index (κ1) is 17.2. The lowest BCUT2D eigenvalue weighted by Gasteiger charge is -2.23. The lowest BCUT2D eigenvalue weighted by atomic mass is 10.2. The van der Waals surface area contributed by atoms with Crippen LogP contribution in [0.5, 0.6) is 0 Å². The van der Waals surface area contributed by atoms with Crippen molar-refractivity contribution in [2.75, 3.05) is 26.3 Å². The van der Waals surface area contributed by atoms with Gasteiger partial charge in [-0.05, 0) is 25.5 Å². The number of benzene rings is 1. The summed E-state index contributed by atoms with van der Waals surface area (Å²) < 4.78 is 12.7. The van der Waals surface area contributed by atoms with Gasteiger partial charge in [-0.1, -0.05) is 30.3 Å². The lowest BCUT2D eigenvalue weighted by Crippen LogP contribution is -2.30. The van der Waals surface area contributed by atoms with Gasteiger partial charge in [-0.3, -0.25) is 5.01 Å². The molecule has 1 heterocycles. The Morgan fingerprint density at radius 3 is 2.00 bits per heavy atom. The van der Waals surface area contributed by atoms with E-state index >= 15 is 0 Å². The molecule has 0 spiro atoms. The van der Waals surface area contributed by atoms with Crippen LogP contribution in [0, 0.1) is 0 Å². The zero-order valence-corrected chi connectivity index (χ0v) is 14.3. The summed E-state index contributed by atoms with van der Waals surface area (Å²) in [5.41, 5.74) is 1.12. The first-order chi connectivity index (χ1) is 11.1. The summed E-state index contributed by atoms with van der Waals surface area (Å²) in [6, 6.07) is 10.1. The molecule has 0 fully saturated rings. The number of ether oxygens (including phenoxy) is 2. The van der Waals surface area contributed by atoms with E-state index in [1.807, 2.05) is 73.2 Å². The van der Waals surface area contributed by atoms with E-state index in [0.29, 0.717) is 0 Å². The van der Waals surface area contributed by atoms with Gasteiger partial charge in [0.2, 0.25) is 0 Å². The van der Waals surface area contributed by atoms with Gasteiger partial charge < -0.3 is 9.47 Å². The van der Waals surface area contributed by atoms with E-state index in [4.69, 9.17) is 9.47 Å². The van der Waals surface area contributed by atoms with Crippen LogP contribution >= 0.6 is 0 Å². The maximum atomic E-state index is 5.40. The summed E-state index contributed by atoms with van der Waals surface area (Å²) in [7, 11) is 5.26. The van der Waals surface area contributed by atoms with Gasteiger partial charge in [-0.2, -0.15) is 0 Å².